The molecule has 2 heterocycles. The number of likely N-dealkylation sites (N-methyl/N-ethyl adjacent to an activating group) is 1. The summed E-state index contributed by atoms with van der Waals surface area (Å²) in [6, 6.07) is 4.76. The Morgan fingerprint density at radius 3 is 2.94 bits per heavy atom. The summed E-state index contributed by atoms with van der Waals surface area (Å²) in [7, 11) is 2.16. The van der Waals surface area contributed by atoms with Crippen LogP contribution in [0.4, 0.5) is 0 Å². The van der Waals surface area contributed by atoms with Crippen LogP contribution in [0.15, 0.2) is 16.5 Å². The monoisotopic (exact) mass is 222 g/mol. The van der Waals surface area contributed by atoms with E-state index in [-0.39, 0.29) is 0 Å². The maximum Gasteiger partial charge on any atom is 0.118 e. The van der Waals surface area contributed by atoms with Gasteiger partial charge in [-0.2, -0.15) is 0 Å². The Kier molecular flexibility index (Phi) is 4.02. The van der Waals surface area contributed by atoms with E-state index >= 15 is 0 Å². The van der Waals surface area contributed by atoms with Crippen LogP contribution in [0.1, 0.15) is 30.8 Å². The van der Waals surface area contributed by atoms with Crippen molar-refractivity contribution < 1.29 is 4.42 Å². The number of rotatable bonds is 4. The first-order chi connectivity index (χ1) is 7.74. The molecule has 3 nitrogen and oxygen atoms in total. The Labute approximate surface area is 97.8 Å². The van der Waals surface area contributed by atoms with Crippen molar-refractivity contribution in [2.45, 2.75) is 38.8 Å². The molecule has 90 valence electrons. The molecule has 0 saturated carbocycles. The Morgan fingerprint density at radius 2 is 2.31 bits per heavy atom. The smallest absolute Gasteiger partial charge is 0.118 e. The van der Waals surface area contributed by atoms with E-state index in [0.29, 0.717) is 6.04 Å². The molecule has 1 N–H and O–H groups in total. The number of nitrogens with one attached hydrogen (secondary N) is 1. The zero-order valence-corrected chi connectivity index (χ0v) is 10.3. The molecular formula is C13H22N2O. The van der Waals surface area contributed by atoms with E-state index in [4.69, 9.17) is 4.42 Å². The average molecular weight is 222 g/mol. The second-order valence-electron chi connectivity index (χ2n) is 4.86. The predicted octanol–water partition coefficient (Wildman–Crippen LogP) is 2.16. The third-order valence-electron chi connectivity index (χ3n) is 3.17. The van der Waals surface area contributed by atoms with E-state index < -0.39 is 0 Å². The summed E-state index contributed by atoms with van der Waals surface area (Å²) < 4.78 is 5.58. The van der Waals surface area contributed by atoms with Gasteiger partial charge in [0.1, 0.15) is 11.5 Å². The van der Waals surface area contributed by atoms with Gasteiger partial charge in [0.25, 0.3) is 0 Å². The van der Waals surface area contributed by atoms with Crippen molar-refractivity contribution in [2.75, 3.05) is 20.1 Å². The minimum Gasteiger partial charge on any atom is -0.465 e. The topological polar surface area (TPSA) is 28.4 Å². The van der Waals surface area contributed by atoms with Crippen molar-refractivity contribution in [1.82, 2.24) is 10.2 Å². The number of piperidine rings is 1. The van der Waals surface area contributed by atoms with Gasteiger partial charge < -0.3 is 9.73 Å². The van der Waals surface area contributed by atoms with E-state index in [1.54, 1.807) is 0 Å². The van der Waals surface area contributed by atoms with Crippen LogP contribution in [0.3, 0.4) is 0 Å². The second-order valence-corrected chi connectivity index (χ2v) is 4.86. The van der Waals surface area contributed by atoms with Gasteiger partial charge in [0.2, 0.25) is 0 Å². The lowest BCUT2D eigenvalue weighted by Gasteiger charge is -2.27. The standard InChI is InChI=1S/C13H22N2O/c1-11-6-7-13(16-11)10-15(2)9-12-5-3-4-8-14-12/h6-7,12,14H,3-5,8-10H2,1-2H3. The van der Waals surface area contributed by atoms with Crippen molar-refractivity contribution in [3.05, 3.63) is 23.7 Å². The van der Waals surface area contributed by atoms with E-state index in [2.05, 4.69) is 23.3 Å². The summed E-state index contributed by atoms with van der Waals surface area (Å²) in [6.45, 7) is 5.19. The summed E-state index contributed by atoms with van der Waals surface area (Å²) in [5.41, 5.74) is 0. The van der Waals surface area contributed by atoms with Crippen molar-refractivity contribution in [1.29, 1.82) is 0 Å². The fraction of sp³-hybridized carbons (Fsp3) is 0.692. The average Bonchev–Trinajstić information content (AvgIpc) is 2.65. The minimum absolute atomic E-state index is 0.662. The summed E-state index contributed by atoms with van der Waals surface area (Å²) >= 11 is 0. The molecule has 0 aliphatic carbocycles. The van der Waals surface area contributed by atoms with Crippen molar-refractivity contribution >= 4 is 0 Å². The SMILES string of the molecule is Cc1ccc(CN(C)CC2CCCCN2)o1. The zero-order valence-electron chi connectivity index (χ0n) is 10.3. The zero-order chi connectivity index (χ0) is 11.4. The first-order valence-corrected chi connectivity index (χ1v) is 6.21. The van der Waals surface area contributed by atoms with Crippen LogP contribution in [0.2, 0.25) is 0 Å². The van der Waals surface area contributed by atoms with Gasteiger partial charge in [-0.3, -0.25) is 4.90 Å². The summed E-state index contributed by atoms with van der Waals surface area (Å²) in [5.74, 6) is 2.06. The normalized spacial score (nSPS) is 21.6. The molecule has 0 aromatic carbocycles. The molecular weight excluding hydrogens is 200 g/mol. The van der Waals surface area contributed by atoms with E-state index in [9.17, 15) is 0 Å². The lowest BCUT2D eigenvalue weighted by molar-refractivity contribution is 0.240. The third-order valence-corrected chi connectivity index (χ3v) is 3.17. The molecule has 1 aromatic rings. The summed E-state index contributed by atoms with van der Waals surface area (Å²) in [6.07, 6.45) is 4.00. The van der Waals surface area contributed by atoms with Crippen LogP contribution in [-0.4, -0.2) is 31.1 Å². The molecule has 1 fully saturated rings. The van der Waals surface area contributed by atoms with E-state index in [1.807, 2.05) is 13.0 Å². The predicted molar refractivity (Wildman–Crippen MR) is 65.4 cm³/mol. The highest BCUT2D eigenvalue weighted by Crippen LogP contribution is 2.11. The molecule has 1 aliphatic heterocycles. The van der Waals surface area contributed by atoms with Gasteiger partial charge in [-0.1, -0.05) is 6.42 Å². The van der Waals surface area contributed by atoms with E-state index in [0.717, 1.165) is 24.6 Å². The van der Waals surface area contributed by atoms with Gasteiger partial charge in [-0.15, -0.1) is 0 Å². The number of hydrogen-bond donors (Lipinski definition) is 1. The first-order valence-electron chi connectivity index (χ1n) is 6.21. The lowest BCUT2D eigenvalue weighted by Crippen LogP contribution is -2.42. The minimum atomic E-state index is 0.662. The van der Waals surface area contributed by atoms with Gasteiger partial charge in [-0.25, -0.2) is 0 Å². The molecule has 0 spiro atoms. The fourth-order valence-electron chi connectivity index (χ4n) is 2.36. The number of hydrogen-bond acceptors (Lipinski definition) is 3. The van der Waals surface area contributed by atoms with E-state index in [1.165, 1.54) is 25.8 Å². The summed E-state index contributed by atoms with van der Waals surface area (Å²) in [4.78, 5) is 2.33. The Hall–Kier alpha value is -0.800. The van der Waals surface area contributed by atoms with Gasteiger partial charge in [-0.05, 0) is 45.5 Å². The maximum atomic E-state index is 5.58. The van der Waals surface area contributed by atoms with Crippen LogP contribution in [0.25, 0.3) is 0 Å². The van der Waals surface area contributed by atoms with Crippen LogP contribution in [0, 0.1) is 6.92 Å². The second kappa shape index (κ2) is 5.51. The molecule has 1 unspecified atom stereocenters. The molecule has 0 bridgehead atoms. The van der Waals surface area contributed by atoms with Crippen molar-refractivity contribution in [3.63, 3.8) is 0 Å². The van der Waals surface area contributed by atoms with Gasteiger partial charge in [0.05, 0.1) is 6.54 Å². The number of nitrogens with zero attached hydrogens (tertiary/aromatic N) is 1. The molecule has 16 heavy (non-hydrogen) atoms. The van der Waals surface area contributed by atoms with Crippen LogP contribution in [-0.2, 0) is 6.54 Å². The Morgan fingerprint density at radius 1 is 1.44 bits per heavy atom. The Bertz CT molecular complexity index is 315. The first kappa shape index (κ1) is 11.7. The van der Waals surface area contributed by atoms with Gasteiger partial charge >= 0.3 is 0 Å². The highest BCUT2D eigenvalue weighted by molar-refractivity contribution is 5.05. The van der Waals surface area contributed by atoms with Crippen molar-refractivity contribution in [3.8, 4) is 0 Å². The van der Waals surface area contributed by atoms with Gasteiger partial charge in [0.15, 0.2) is 0 Å². The maximum absolute atomic E-state index is 5.58. The van der Waals surface area contributed by atoms with Crippen LogP contribution >= 0.6 is 0 Å². The largest absolute Gasteiger partial charge is 0.465 e. The molecule has 0 radical (unpaired) electrons. The Balaban J connectivity index is 1.77. The quantitative estimate of drug-likeness (QED) is 0.846. The fourth-order valence-corrected chi connectivity index (χ4v) is 2.36. The molecule has 1 aromatic heterocycles. The molecule has 3 heteroatoms. The van der Waals surface area contributed by atoms with Crippen molar-refractivity contribution in [2.24, 2.45) is 0 Å². The van der Waals surface area contributed by atoms with Gasteiger partial charge in [0, 0.05) is 12.6 Å². The lowest BCUT2D eigenvalue weighted by atomic mass is 10.0. The van der Waals surface area contributed by atoms with Crippen LogP contribution < -0.4 is 5.32 Å². The molecule has 0 amide bonds. The third kappa shape index (κ3) is 3.35. The molecule has 1 saturated heterocycles. The highest BCUT2D eigenvalue weighted by Gasteiger charge is 2.15. The highest BCUT2D eigenvalue weighted by atomic mass is 16.3. The number of aryl methyl sites for hydroxylation is 1. The molecule has 1 atom stereocenters. The van der Waals surface area contributed by atoms with Crippen LogP contribution in [0.5, 0.6) is 0 Å². The summed E-state index contributed by atoms with van der Waals surface area (Å²) in [5, 5.41) is 3.57. The number of furan rings is 1. The molecule has 1 aliphatic rings. The molecule has 2 rings (SSSR count).